The number of methoxy groups -OCH3 is 1. The molecule has 0 aliphatic carbocycles. The largest absolute Gasteiger partial charge is 0.396 e. The summed E-state index contributed by atoms with van der Waals surface area (Å²) in [5.41, 5.74) is -0.821. The molecule has 3 N–H and O–H groups in total. The maximum Gasteiger partial charge on any atom is 0.319 e. The molecule has 2 amide bonds. The molecule has 0 radical (unpaired) electrons. The first-order valence-corrected chi connectivity index (χ1v) is 6.82. The van der Waals surface area contributed by atoms with Gasteiger partial charge < -0.3 is 20.5 Å². The van der Waals surface area contributed by atoms with Crippen molar-refractivity contribution >= 4 is 29.0 Å². The Morgan fingerprint density at radius 1 is 1.55 bits per heavy atom. The van der Waals surface area contributed by atoms with Crippen LogP contribution in [0.5, 0.6) is 0 Å². The number of urea groups is 1. The number of nitrogens with one attached hydrogen (secondary N) is 2. The summed E-state index contributed by atoms with van der Waals surface area (Å²) in [6.45, 7) is 1.81. The first kappa shape index (κ1) is 18.1. The Morgan fingerprint density at radius 2 is 2.23 bits per heavy atom. The number of rotatable bonds is 7. The van der Waals surface area contributed by atoms with Gasteiger partial charge in [-0.25, -0.2) is 4.79 Å². The van der Waals surface area contributed by atoms with Crippen LogP contribution in [0.4, 0.5) is 16.2 Å². The summed E-state index contributed by atoms with van der Waals surface area (Å²) >= 11 is 5.70. The fourth-order valence-electron chi connectivity index (χ4n) is 1.90. The number of ether oxygens (including phenoxy) is 1. The predicted octanol–water partition coefficient (Wildman–Crippen LogP) is 2.16. The molecule has 0 unspecified atom stereocenters. The van der Waals surface area contributed by atoms with Gasteiger partial charge in [0.15, 0.2) is 0 Å². The molecule has 0 spiro atoms. The Labute approximate surface area is 132 Å². The number of amides is 2. The second kappa shape index (κ2) is 7.92. The Hall–Kier alpha value is -1.90. The van der Waals surface area contributed by atoms with E-state index in [1.54, 1.807) is 6.92 Å². The van der Waals surface area contributed by atoms with E-state index >= 15 is 0 Å². The van der Waals surface area contributed by atoms with E-state index in [0.29, 0.717) is 6.42 Å². The van der Waals surface area contributed by atoms with E-state index in [-0.39, 0.29) is 29.6 Å². The molecule has 8 nitrogen and oxygen atoms in total. The van der Waals surface area contributed by atoms with Crippen LogP contribution in [0.2, 0.25) is 5.02 Å². The first-order chi connectivity index (χ1) is 10.3. The Kier molecular flexibility index (Phi) is 6.54. The molecule has 0 aliphatic heterocycles. The zero-order valence-corrected chi connectivity index (χ0v) is 13.0. The molecular formula is C13H18ClN3O5. The van der Waals surface area contributed by atoms with E-state index in [0.717, 1.165) is 0 Å². The van der Waals surface area contributed by atoms with Crippen LogP contribution >= 0.6 is 11.6 Å². The lowest BCUT2D eigenvalue weighted by Crippen LogP contribution is -2.51. The van der Waals surface area contributed by atoms with Crippen LogP contribution < -0.4 is 10.6 Å². The van der Waals surface area contributed by atoms with Crippen LogP contribution in [0.15, 0.2) is 18.2 Å². The lowest BCUT2D eigenvalue weighted by Gasteiger charge is -2.29. The fraction of sp³-hybridized carbons (Fsp3) is 0.462. The summed E-state index contributed by atoms with van der Waals surface area (Å²) < 4.78 is 5.02. The van der Waals surface area contributed by atoms with Gasteiger partial charge in [0.1, 0.15) is 5.02 Å². The molecule has 1 aromatic rings. The molecule has 0 bridgehead atoms. The van der Waals surface area contributed by atoms with Crippen molar-refractivity contribution in [3.63, 3.8) is 0 Å². The van der Waals surface area contributed by atoms with E-state index in [9.17, 15) is 14.9 Å². The smallest absolute Gasteiger partial charge is 0.319 e. The minimum absolute atomic E-state index is 0.0135. The molecule has 1 atom stereocenters. The summed E-state index contributed by atoms with van der Waals surface area (Å²) in [7, 11) is 1.48. The summed E-state index contributed by atoms with van der Waals surface area (Å²) in [5.74, 6) is 0. The van der Waals surface area contributed by atoms with Gasteiger partial charge in [-0.05, 0) is 25.5 Å². The van der Waals surface area contributed by atoms with E-state index in [1.807, 2.05) is 0 Å². The maximum atomic E-state index is 12.0. The zero-order chi connectivity index (χ0) is 16.8. The van der Waals surface area contributed by atoms with Crippen molar-refractivity contribution in [3.05, 3.63) is 33.3 Å². The number of nitro groups is 1. The van der Waals surface area contributed by atoms with Crippen LogP contribution in [0.3, 0.4) is 0 Å². The molecule has 1 rings (SSSR count). The van der Waals surface area contributed by atoms with Gasteiger partial charge in [0.05, 0.1) is 17.1 Å². The number of aliphatic hydroxyl groups excluding tert-OH is 1. The van der Waals surface area contributed by atoms with Crippen molar-refractivity contribution in [1.29, 1.82) is 0 Å². The Balaban J connectivity index is 2.80. The highest BCUT2D eigenvalue weighted by atomic mass is 35.5. The van der Waals surface area contributed by atoms with Crippen molar-refractivity contribution in [2.24, 2.45) is 0 Å². The number of nitro benzene ring substituents is 1. The molecular weight excluding hydrogens is 314 g/mol. The van der Waals surface area contributed by atoms with E-state index in [2.05, 4.69) is 10.6 Å². The lowest BCUT2D eigenvalue weighted by molar-refractivity contribution is -0.384. The van der Waals surface area contributed by atoms with Gasteiger partial charge in [0.2, 0.25) is 0 Å². The average molecular weight is 332 g/mol. The zero-order valence-electron chi connectivity index (χ0n) is 12.3. The van der Waals surface area contributed by atoms with Gasteiger partial charge in [-0.3, -0.25) is 10.1 Å². The minimum Gasteiger partial charge on any atom is -0.396 e. The minimum atomic E-state index is -0.758. The molecule has 9 heteroatoms. The summed E-state index contributed by atoms with van der Waals surface area (Å²) in [5, 5.41) is 25.0. The van der Waals surface area contributed by atoms with Crippen LogP contribution in [-0.2, 0) is 4.74 Å². The highest BCUT2D eigenvalue weighted by Gasteiger charge is 2.26. The van der Waals surface area contributed by atoms with Gasteiger partial charge in [-0.15, -0.1) is 0 Å². The maximum absolute atomic E-state index is 12.0. The van der Waals surface area contributed by atoms with Crippen molar-refractivity contribution in [2.45, 2.75) is 18.9 Å². The highest BCUT2D eigenvalue weighted by Crippen LogP contribution is 2.27. The number of carbonyl (C=O) groups excluding carboxylic acids is 1. The number of hydrogen-bond donors (Lipinski definition) is 3. The molecule has 0 fully saturated rings. The summed E-state index contributed by atoms with van der Waals surface area (Å²) in [6.07, 6.45) is 0.301. The van der Waals surface area contributed by atoms with Gasteiger partial charge in [0.25, 0.3) is 5.69 Å². The summed E-state index contributed by atoms with van der Waals surface area (Å²) in [4.78, 5) is 22.2. The Bertz CT molecular complexity index is 546. The quantitative estimate of drug-likeness (QED) is 0.523. The lowest BCUT2D eigenvalue weighted by atomic mass is 10.00. The van der Waals surface area contributed by atoms with E-state index < -0.39 is 16.5 Å². The Morgan fingerprint density at radius 3 is 2.77 bits per heavy atom. The number of halogens is 1. The van der Waals surface area contributed by atoms with Crippen LogP contribution in [0.1, 0.15) is 13.3 Å². The predicted molar refractivity (Wildman–Crippen MR) is 82.2 cm³/mol. The fourth-order valence-corrected chi connectivity index (χ4v) is 2.09. The van der Waals surface area contributed by atoms with Gasteiger partial charge in [0, 0.05) is 25.5 Å². The van der Waals surface area contributed by atoms with E-state index in [4.69, 9.17) is 21.4 Å². The van der Waals surface area contributed by atoms with Crippen molar-refractivity contribution in [3.8, 4) is 0 Å². The third-order valence-corrected chi connectivity index (χ3v) is 3.26. The number of hydrogen-bond acceptors (Lipinski definition) is 5. The van der Waals surface area contributed by atoms with Crippen molar-refractivity contribution in [2.75, 3.05) is 25.6 Å². The summed E-state index contributed by atoms with van der Waals surface area (Å²) in [6, 6.07) is 3.39. The normalized spacial score (nSPS) is 13.3. The molecule has 0 heterocycles. The first-order valence-electron chi connectivity index (χ1n) is 6.44. The number of aliphatic hydroxyl groups is 1. The van der Waals surface area contributed by atoms with Crippen molar-refractivity contribution in [1.82, 2.24) is 5.32 Å². The van der Waals surface area contributed by atoms with Crippen molar-refractivity contribution < 1.29 is 19.6 Å². The topological polar surface area (TPSA) is 114 Å². The molecule has 22 heavy (non-hydrogen) atoms. The highest BCUT2D eigenvalue weighted by molar-refractivity contribution is 6.32. The number of nitrogens with zero attached hydrogens (tertiary/aromatic N) is 1. The van der Waals surface area contributed by atoms with Crippen LogP contribution in [0.25, 0.3) is 0 Å². The SMILES string of the molecule is COC[C@@](C)(CCO)NC(=O)Nc1ccc(Cl)c([N+](=O)[O-])c1. The third kappa shape index (κ3) is 5.14. The molecule has 0 aliphatic rings. The van der Waals surface area contributed by atoms with Gasteiger partial charge in [-0.2, -0.15) is 0 Å². The van der Waals surface area contributed by atoms with E-state index in [1.165, 1.54) is 25.3 Å². The second-order valence-corrected chi connectivity index (χ2v) is 5.38. The number of benzene rings is 1. The van der Waals surface area contributed by atoms with Gasteiger partial charge >= 0.3 is 6.03 Å². The third-order valence-electron chi connectivity index (χ3n) is 2.94. The number of carbonyl (C=O) groups is 1. The molecule has 0 saturated carbocycles. The van der Waals surface area contributed by atoms with Crippen LogP contribution in [0, 0.1) is 10.1 Å². The second-order valence-electron chi connectivity index (χ2n) is 4.97. The molecule has 0 saturated heterocycles. The molecule has 122 valence electrons. The molecule has 0 aromatic heterocycles. The van der Waals surface area contributed by atoms with Gasteiger partial charge in [-0.1, -0.05) is 11.6 Å². The monoisotopic (exact) mass is 331 g/mol. The average Bonchev–Trinajstić information content (AvgIpc) is 2.40. The van der Waals surface area contributed by atoms with Crippen LogP contribution in [-0.4, -0.2) is 41.9 Å². The number of anilines is 1. The molecule has 1 aromatic carbocycles. The standard InChI is InChI=1S/C13H18ClN3O5/c1-13(5-6-18,8-22-2)16-12(19)15-9-3-4-10(14)11(7-9)17(20)21/h3-4,7,18H,5-6,8H2,1-2H3,(H2,15,16,19)/t13-/m1/s1.